The Bertz CT molecular complexity index is 596. The summed E-state index contributed by atoms with van der Waals surface area (Å²) in [5.74, 6) is -0.0180. The predicted molar refractivity (Wildman–Crippen MR) is 81.9 cm³/mol. The molecule has 2 saturated heterocycles. The summed E-state index contributed by atoms with van der Waals surface area (Å²) in [4.78, 5) is 27.8. The molecule has 6 nitrogen and oxygen atoms in total. The SMILES string of the molecule is C=CC(=O)N1CC(C(=O)N2CCCC2c2cc(C)n(C)n2)C1. The van der Waals surface area contributed by atoms with Crippen LogP contribution in [0.3, 0.4) is 0 Å². The lowest BCUT2D eigenvalue weighted by molar-refractivity contribution is -0.146. The molecule has 2 amide bonds. The molecule has 2 aliphatic rings. The van der Waals surface area contributed by atoms with Crippen molar-refractivity contribution in [3.63, 3.8) is 0 Å². The Hall–Kier alpha value is -2.11. The van der Waals surface area contributed by atoms with Crippen LogP contribution in [-0.2, 0) is 16.6 Å². The molecule has 2 aliphatic heterocycles. The van der Waals surface area contributed by atoms with Gasteiger partial charge in [-0.3, -0.25) is 14.3 Å². The fourth-order valence-corrected chi connectivity index (χ4v) is 3.27. The number of carbonyl (C=O) groups excluding carboxylic acids is 2. The van der Waals surface area contributed by atoms with Crippen LogP contribution in [0.15, 0.2) is 18.7 Å². The van der Waals surface area contributed by atoms with E-state index in [-0.39, 0.29) is 23.8 Å². The van der Waals surface area contributed by atoms with Crippen LogP contribution >= 0.6 is 0 Å². The van der Waals surface area contributed by atoms with Crippen molar-refractivity contribution in [3.8, 4) is 0 Å². The minimum atomic E-state index is -0.0950. The molecule has 0 N–H and O–H groups in total. The van der Waals surface area contributed by atoms with Crippen molar-refractivity contribution >= 4 is 11.8 Å². The van der Waals surface area contributed by atoms with Gasteiger partial charge in [0.1, 0.15) is 0 Å². The van der Waals surface area contributed by atoms with E-state index in [1.165, 1.54) is 6.08 Å². The summed E-state index contributed by atoms with van der Waals surface area (Å²) < 4.78 is 1.85. The van der Waals surface area contributed by atoms with Crippen LogP contribution in [0.5, 0.6) is 0 Å². The topological polar surface area (TPSA) is 58.4 Å². The van der Waals surface area contributed by atoms with Crippen molar-refractivity contribution in [2.75, 3.05) is 19.6 Å². The number of carbonyl (C=O) groups is 2. The van der Waals surface area contributed by atoms with Gasteiger partial charge in [0.25, 0.3) is 0 Å². The second-order valence-corrected chi connectivity index (χ2v) is 6.17. The van der Waals surface area contributed by atoms with Gasteiger partial charge in [0.05, 0.1) is 17.7 Å². The Morgan fingerprint density at radius 3 is 2.73 bits per heavy atom. The van der Waals surface area contributed by atoms with E-state index in [9.17, 15) is 9.59 Å². The minimum absolute atomic E-state index is 0.0747. The Labute approximate surface area is 130 Å². The van der Waals surface area contributed by atoms with E-state index >= 15 is 0 Å². The molecule has 1 unspecified atom stereocenters. The first-order valence-corrected chi connectivity index (χ1v) is 7.73. The molecule has 0 bridgehead atoms. The second-order valence-electron chi connectivity index (χ2n) is 6.17. The first-order chi connectivity index (χ1) is 10.5. The maximum absolute atomic E-state index is 12.7. The summed E-state index contributed by atoms with van der Waals surface area (Å²) in [5, 5.41) is 4.53. The molecular formula is C16H22N4O2. The molecule has 1 aromatic heterocycles. The molecular weight excluding hydrogens is 280 g/mol. The Morgan fingerprint density at radius 2 is 2.14 bits per heavy atom. The number of aryl methyl sites for hydroxylation is 2. The zero-order chi connectivity index (χ0) is 15.9. The molecule has 0 saturated carbocycles. The Balaban J connectivity index is 1.67. The Morgan fingerprint density at radius 1 is 1.41 bits per heavy atom. The quantitative estimate of drug-likeness (QED) is 0.784. The van der Waals surface area contributed by atoms with Crippen molar-refractivity contribution in [1.82, 2.24) is 19.6 Å². The van der Waals surface area contributed by atoms with Gasteiger partial charge in [-0.15, -0.1) is 0 Å². The van der Waals surface area contributed by atoms with Gasteiger partial charge >= 0.3 is 0 Å². The predicted octanol–water partition coefficient (Wildman–Crippen LogP) is 1.04. The number of rotatable bonds is 3. The first-order valence-electron chi connectivity index (χ1n) is 7.73. The fraction of sp³-hybridized carbons (Fsp3) is 0.562. The van der Waals surface area contributed by atoms with Crippen LogP contribution in [0.2, 0.25) is 0 Å². The van der Waals surface area contributed by atoms with Gasteiger partial charge in [0, 0.05) is 32.4 Å². The van der Waals surface area contributed by atoms with Gasteiger partial charge < -0.3 is 9.80 Å². The monoisotopic (exact) mass is 302 g/mol. The number of likely N-dealkylation sites (tertiary alicyclic amines) is 2. The van der Waals surface area contributed by atoms with Crippen molar-refractivity contribution < 1.29 is 9.59 Å². The lowest BCUT2D eigenvalue weighted by Crippen LogP contribution is -2.55. The van der Waals surface area contributed by atoms with E-state index in [4.69, 9.17) is 0 Å². The molecule has 0 aromatic carbocycles. The number of hydrogen-bond donors (Lipinski definition) is 0. The molecule has 118 valence electrons. The highest BCUT2D eigenvalue weighted by molar-refractivity contribution is 5.90. The number of aromatic nitrogens is 2. The fourth-order valence-electron chi connectivity index (χ4n) is 3.27. The van der Waals surface area contributed by atoms with Crippen molar-refractivity contribution in [3.05, 3.63) is 30.1 Å². The largest absolute Gasteiger partial charge is 0.337 e. The summed E-state index contributed by atoms with van der Waals surface area (Å²) >= 11 is 0. The molecule has 1 atom stereocenters. The van der Waals surface area contributed by atoms with E-state index in [0.29, 0.717) is 13.1 Å². The third-order valence-corrected chi connectivity index (χ3v) is 4.73. The number of hydrogen-bond acceptors (Lipinski definition) is 3. The summed E-state index contributed by atoms with van der Waals surface area (Å²) in [6.45, 7) is 7.29. The van der Waals surface area contributed by atoms with Gasteiger partial charge in [-0.2, -0.15) is 5.10 Å². The van der Waals surface area contributed by atoms with Crippen LogP contribution in [-0.4, -0.2) is 51.0 Å². The zero-order valence-electron chi connectivity index (χ0n) is 13.2. The lowest BCUT2D eigenvalue weighted by atomic mass is 9.97. The van der Waals surface area contributed by atoms with Gasteiger partial charge in [-0.05, 0) is 31.9 Å². The minimum Gasteiger partial charge on any atom is -0.337 e. The van der Waals surface area contributed by atoms with Gasteiger partial charge in [0.2, 0.25) is 11.8 Å². The van der Waals surface area contributed by atoms with Crippen LogP contribution in [0.1, 0.15) is 30.3 Å². The molecule has 1 aromatic rings. The van der Waals surface area contributed by atoms with E-state index in [1.807, 2.05) is 23.6 Å². The maximum atomic E-state index is 12.7. The first kappa shape index (κ1) is 14.8. The van der Waals surface area contributed by atoms with Crippen LogP contribution < -0.4 is 0 Å². The third-order valence-electron chi connectivity index (χ3n) is 4.73. The highest BCUT2D eigenvalue weighted by Gasteiger charge is 2.41. The normalized spacial score (nSPS) is 21.8. The third kappa shape index (κ3) is 2.42. The Kier molecular flexibility index (Phi) is 3.76. The van der Waals surface area contributed by atoms with Crippen LogP contribution in [0.4, 0.5) is 0 Å². The van der Waals surface area contributed by atoms with Crippen molar-refractivity contribution in [2.45, 2.75) is 25.8 Å². The second kappa shape index (κ2) is 5.59. The zero-order valence-corrected chi connectivity index (χ0v) is 13.2. The molecule has 3 rings (SSSR count). The molecule has 2 fully saturated rings. The van der Waals surface area contributed by atoms with E-state index in [2.05, 4.69) is 17.7 Å². The smallest absolute Gasteiger partial charge is 0.246 e. The highest BCUT2D eigenvalue weighted by atomic mass is 16.2. The number of amides is 2. The summed E-state index contributed by atoms with van der Waals surface area (Å²) in [7, 11) is 1.92. The average Bonchev–Trinajstić information content (AvgIpc) is 3.04. The molecule has 0 spiro atoms. The summed E-state index contributed by atoms with van der Waals surface area (Å²) in [6, 6.07) is 2.14. The van der Waals surface area contributed by atoms with Crippen LogP contribution in [0, 0.1) is 12.8 Å². The van der Waals surface area contributed by atoms with Crippen LogP contribution in [0.25, 0.3) is 0 Å². The van der Waals surface area contributed by atoms with E-state index in [0.717, 1.165) is 30.8 Å². The molecule has 3 heterocycles. The maximum Gasteiger partial charge on any atom is 0.246 e. The van der Waals surface area contributed by atoms with Gasteiger partial charge in [-0.25, -0.2) is 0 Å². The standard InChI is InChI=1S/C16H22N4O2/c1-4-15(21)19-9-12(10-19)16(22)20-7-5-6-14(20)13-8-11(2)18(3)17-13/h4,8,12,14H,1,5-7,9-10H2,2-3H3. The van der Waals surface area contributed by atoms with E-state index < -0.39 is 0 Å². The molecule has 22 heavy (non-hydrogen) atoms. The van der Waals surface area contributed by atoms with Gasteiger partial charge in [0.15, 0.2) is 0 Å². The van der Waals surface area contributed by atoms with Crippen molar-refractivity contribution in [2.24, 2.45) is 13.0 Å². The van der Waals surface area contributed by atoms with Crippen molar-refractivity contribution in [1.29, 1.82) is 0 Å². The summed E-state index contributed by atoms with van der Waals surface area (Å²) in [5.41, 5.74) is 2.07. The lowest BCUT2D eigenvalue weighted by Gasteiger charge is -2.40. The molecule has 6 heteroatoms. The van der Waals surface area contributed by atoms with Gasteiger partial charge in [-0.1, -0.05) is 6.58 Å². The average molecular weight is 302 g/mol. The summed E-state index contributed by atoms with van der Waals surface area (Å²) in [6.07, 6.45) is 3.27. The van der Waals surface area contributed by atoms with E-state index in [1.54, 1.807) is 4.90 Å². The molecule has 0 radical (unpaired) electrons. The highest BCUT2D eigenvalue weighted by Crippen LogP contribution is 2.34. The molecule has 0 aliphatic carbocycles. The number of nitrogens with zero attached hydrogens (tertiary/aromatic N) is 4.